The average molecular weight is 239 g/mol. The van der Waals surface area contributed by atoms with Crippen molar-refractivity contribution in [2.24, 2.45) is 0 Å². The van der Waals surface area contributed by atoms with Crippen molar-refractivity contribution in [1.82, 2.24) is 0 Å². The Morgan fingerprint density at radius 2 is 2.18 bits per heavy atom. The van der Waals surface area contributed by atoms with Gasteiger partial charge in [0.05, 0.1) is 18.2 Å². The van der Waals surface area contributed by atoms with E-state index in [0.29, 0.717) is 6.61 Å². The Labute approximate surface area is 101 Å². The summed E-state index contributed by atoms with van der Waals surface area (Å²) in [5.41, 5.74) is 0.477. The Kier molecular flexibility index (Phi) is 3.64. The van der Waals surface area contributed by atoms with Crippen molar-refractivity contribution in [2.75, 3.05) is 18.5 Å². The van der Waals surface area contributed by atoms with E-state index in [0.717, 1.165) is 18.5 Å². The number of rotatable bonds is 3. The molecule has 2 unspecified atom stereocenters. The summed E-state index contributed by atoms with van der Waals surface area (Å²) in [6.45, 7) is 2.68. The molecule has 3 nitrogen and oxygen atoms in total. The third kappa shape index (κ3) is 2.96. The van der Waals surface area contributed by atoms with E-state index in [1.54, 1.807) is 12.1 Å². The lowest BCUT2D eigenvalue weighted by Gasteiger charge is -2.40. The molecule has 94 valence electrons. The van der Waals surface area contributed by atoms with Gasteiger partial charge in [-0.25, -0.2) is 4.39 Å². The number of benzene rings is 1. The first-order valence-electron chi connectivity index (χ1n) is 5.90. The number of aliphatic hydroxyl groups is 1. The van der Waals surface area contributed by atoms with Crippen LogP contribution in [0.4, 0.5) is 10.1 Å². The predicted octanol–water partition coefficient (Wildman–Crippen LogP) is 2.17. The molecule has 2 rings (SSSR count). The molecule has 0 spiro atoms. The molecule has 1 fully saturated rings. The number of ether oxygens (including phenoxy) is 1. The summed E-state index contributed by atoms with van der Waals surface area (Å²) in [6, 6.07) is 6.20. The van der Waals surface area contributed by atoms with E-state index in [1.165, 1.54) is 12.1 Å². The maximum Gasteiger partial charge on any atom is 0.123 e. The van der Waals surface area contributed by atoms with Crippen LogP contribution in [0, 0.1) is 5.82 Å². The zero-order chi connectivity index (χ0) is 12.3. The van der Waals surface area contributed by atoms with Crippen LogP contribution in [0.1, 0.15) is 19.8 Å². The van der Waals surface area contributed by atoms with Gasteiger partial charge in [0.25, 0.3) is 0 Å². The Hall–Kier alpha value is -1.13. The molecule has 0 saturated carbocycles. The summed E-state index contributed by atoms with van der Waals surface area (Å²) < 4.78 is 18.3. The molecule has 0 aromatic heterocycles. The smallest absolute Gasteiger partial charge is 0.123 e. The Morgan fingerprint density at radius 3 is 2.76 bits per heavy atom. The number of nitrogens with one attached hydrogen (secondary N) is 1. The minimum absolute atomic E-state index is 0.0536. The van der Waals surface area contributed by atoms with E-state index in [4.69, 9.17) is 4.74 Å². The molecule has 2 N–H and O–H groups in total. The van der Waals surface area contributed by atoms with Crippen LogP contribution in [0.5, 0.6) is 0 Å². The minimum Gasteiger partial charge on any atom is -0.394 e. The summed E-state index contributed by atoms with van der Waals surface area (Å²) in [7, 11) is 0. The first-order valence-corrected chi connectivity index (χ1v) is 5.90. The standard InChI is InChI=1S/C13H18FNO2/c1-10-8-13(9-16,6-7-17-10)15-12-4-2-11(14)3-5-12/h2-5,10,15-16H,6-9H2,1H3. The molecule has 0 radical (unpaired) electrons. The fourth-order valence-corrected chi connectivity index (χ4v) is 2.30. The minimum atomic E-state index is -0.352. The highest BCUT2D eigenvalue weighted by molar-refractivity contribution is 5.45. The van der Waals surface area contributed by atoms with Gasteiger partial charge >= 0.3 is 0 Å². The van der Waals surface area contributed by atoms with Crippen molar-refractivity contribution < 1.29 is 14.2 Å². The largest absolute Gasteiger partial charge is 0.394 e. The summed E-state index contributed by atoms with van der Waals surface area (Å²) >= 11 is 0. The molecule has 2 atom stereocenters. The average Bonchev–Trinajstić information content (AvgIpc) is 2.32. The van der Waals surface area contributed by atoms with Crippen LogP contribution in [-0.4, -0.2) is 30.0 Å². The highest BCUT2D eigenvalue weighted by atomic mass is 19.1. The van der Waals surface area contributed by atoms with Crippen LogP contribution in [0.25, 0.3) is 0 Å². The number of hydrogen-bond donors (Lipinski definition) is 2. The van der Waals surface area contributed by atoms with Gasteiger partial charge in [0.1, 0.15) is 5.82 Å². The van der Waals surface area contributed by atoms with Gasteiger partial charge in [-0.05, 0) is 44.0 Å². The number of hydrogen-bond acceptors (Lipinski definition) is 3. The number of aliphatic hydroxyl groups excluding tert-OH is 1. The van der Waals surface area contributed by atoms with Crippen molar-refractivity contribution in [3.05, 3.63) is 30.1 Å². The molecule has 0 amide bonds. The second kappa shape index (κ2) is 5.02. The van der Waals surface area contributed by atoms with Gasteiger partial charge in [-0.2, -0.15) is 0 Å². The summed E-state index contributed by atoms with van der Waals surface area (Å²) in [4.78, 5) is 0. The monoisotopic (exact) mass is 239 g/mol. The van der Waals surface area contributed by atoms with Crippen LogP contribution < -0.4 is 5.32 Å². The number of halogens is 1. The molecule has 4 heteroatoms. The summed E-state index contributed by atoms with van der Waals surface area (Å²) in [5, 5.41) is 12.9. The summed E-state index contributed by atoms with van der Waals surface area (Å²) in [5.74, 6) is -0.256. The van der Waals surface area contributed by atoms with E-state index < -0.39 is 0 Å². The van der Waals surface area contributed by atoms with E-state index >= 15 is 0 Å². The van der Waals surface area contributed by atoms with Crippen LogP contribution in [0.2, 0.25) is 0 Å². The van der Waals surface area contributed by atoms with Crippen molar-refractivity contribution in [3.8, 4) is 0 Å². The van der Waals surface area contributed by atoms with Crippen LogP contribution in [0.3, 0.4) is 0 Å². The Bertz CT molecular complexity index is 368. The molecule has 1 aromatic rings. The maximum absolute atomic E-state index is 12.8. The topological polar surface area (TPSA) is 41.5 Å². The third-order valence-corrected chi connectivity index (χ3v) is 3.22. The Morgan fingerprint density at radius 1 is 1.47 bits per heavy atom. The van der Waals surface area contributed by atoms with Crippen LogP contribution in [-0.2, 0) is 4.74 Å². The van der Waals surface area contributed by atoms with Crippen molar-refractivity contribution >= 4 is 5.69 Å². The Balaban J connectivity index is 2.10. The quantitative estimate of drug-likeness (QED) is 0.849. The molecule has 1 heterocycles. The fraction of sp³-hybridized carbons (Fsp3) is 0.538. The number of anilines is 1. The molecule has 0 aliphatic carbocycles. The van der Waals surface area contributed by atoms with E-state index in [1.807, 2.05) is 6.92 Å². The molecule has 0 bridgehead atoms. The highest BCUT2D eigenvalue weighted by Crippen LogP contribution is 2.28. The van der Waals surface area contributed by atoms with Gasteiger partial charge in [0.2, 0.25) is 0 Å². The van der Waals surface area contributed by atoms with Gasteiger partial charge < -0.3 is 15.2 Å². The van der Waals surface area contributed by atoms with Gasteiger partial charge in [-0.3, -0.25) is 0 Å². The van der Waals surface area contributed by atoms with Crippen LogP contribution in [0.15, 0.2) is 24.3 Å². The molecule has 1 aliphatic heterocycles. The molecule has 1 aliphatic rings. The van der Waals surface area contributed by atoms with Gasteiger partial charge in [-0.1, -0.05) is 0 Å². The van der Waals surface area contributed by atoms with Crippen molar-refractivity contribution in [2.45, 2.75) is 31.4 Å². The zero-order valence-electron chi connectivity index (χ0n) is 9.95. The molecule has 17 heavy (non-hydrogen) atoms. The van der Waals surface area contributed by atoms with Gasteiger partial charge in [0, 0.05) is 12.3 Å². The maximum atomic E-state index is 12.8. The third-order valence-electron chi connectivity index (χ3n) is 3.22. The van der Waals surface area contributed by atoms with Crippen molar-refractivity contribution in [3.63, 3.8) is 0 Å². The zero-order valence-corrected chi connectivity index (χ0v) is 9.95. The van der Waals surface area contributed by atoms with E-state index in [-0.39, 0.29) is 24.1 Å². The lowest BCUT2D eigenvalue weighted by Crippen LogP contribution is -2.49. The van der Waals surface area contributed by atoms with Crippen molar-refractivity contribution in [1.29, 1.82) is 0 Å². The van der Waals surface area contributed by atoms with Gasteiger partial charge in [-0.15, -0.1) is 0 Å². The second-order valence-electron chi connectivity index (χ2n) is 4.71. The normalized spacial score (nSPS) is 29.0. The summed E-state index contributed by atoms with van der Waals surface area (Å²) in [6.07, 6.45) is 1.63. The molecular formula is C13H18FNO2. The fourth-order valence-electron chi connectivity index (χ4n) is 2.30. The lowest BCUT2D eigenvalue weighted by atomic mass is 9.87. The van der Waals surface area contributed by atoms with Gasteiger partial charge in [0.15, 0.2) is 0 Å². The second-order valence-corrected chi connectivity index (χ2v) is 4.71. The predicted molar refractivity (Wildman–Crippen MR) is 64.5 cm³/mol. The highest BCUT2D eigenvalue weighted by Gasteiger charge is 2.34. The molecule has 1 aromatic carbocycles. The molecular weight excluding hydrogens is 221 g/mol. The first kappa shape index (κ1) is 12.3. The lowest BCUT2D eigenvalue weighted by molar-refractivity contribution is -0.0160. The SMILES string of the molecule is CC1CC(CO)(Nc2ccc(F)cc2)CCO1. The first-order chi connectivity index (χ1) is 8.13. The van der Waals surface area contributed by atoms with Crippen LogP contribution >= 0.6 is 0 Å². The molecule has 1 saturated heterocycles. The van der Waals surface area contributed by atoms with E-state index in [2.05, 4.69) is 5.32 Å². The van der Waals surface area contributed by atoms with E-state index in [9.17, 15) is 9.50 Å².